The van der Waals surface area contributed by atoms with Crippen LogP contribution < -0.4 is 14.8 Å². The first kappa shape index (κ1) is 18.0. The number of nitrogens with one attached hydrogen (secondary N) is 1. The molecule has 0 aromatic heterocycles. The summed E-state index contributed by atoms with van der Waals surface area (Å²) in [5, 5.41) is 11.8. The highest BCUT2D eigenvalue weighted by Crippen LogP contribution is 2.25. The molecular weight excluding hydrogens is 346 g/mol. The van der Waals surface area contributed by atoms with Gasteiger partial charge in [0.1, 0.15) is 17.2 Å². The molecule has 0 spiro atoms. The van der Waals surface area contributed by atoms with E-state index in [0.717, 1.165) is 0 Å². The highest BCUT2D eigenvalue weighted by Gasteiger charge is 2.13. The van der Waals surface area contributed by atoms with Crippen LogP contribution in [0.25, 0.3) is 0 Å². The van der Waals surface area contributed by atoms with Crippen molar-refractivity contribution >= 4 is 17.6 Å². The number of carboxylic acids is 1. The van der Waals surface area contributed by atoms with Gasteiger partial charge in [-0.15, -0.1) is 0 Å². The molecule has 2 N–H and O–H groups in total. The van der Waals surface area contributed by atoms with Crippen molar-refractivity contribution in [2.45, 2.75) is 0 Å². The number of aromatic carboxylic acids is 1. The van der Waals surface area contributed by atoms with Gasteiger partial charge in [0.05, 0.1) is 18.4 Å². The summed E-state index contributed by atoms with van der Waals surface area (Å²) < 4.78 is 10.9. The highest BCUT2D eigenvalue weighted by molar-refractivity contribution is 6.07. The zero-order valence-corrected chi connectivity index (χ0v) is 14.5. The van der Waals surface area contributed by atoms with Crippen LogP contribution in [0, 0.1) is 0 Å². The SMILES string of the molecule is COc1cccc(Oc2ccc(C(=O)Nc3ccccc3C(=O)O)cc2)c1. The number of hydrogen-bond acceptors (Lipinski definition) is 4. The van der Waals surface area contributed by atoms with Gasteiger partial charge in [0.15, 0.2) is 0 Å². The van der Waals surface area contributed by atoms with Crippen LogP contribution in [0.15, 0.2) is 72.8 Å². The number of para-hydroxylation sites is 1. The molecule has 3 rings (SSSR count). The van der Waals surface area contributed by atoms with Gasteiger partial charge in [-0.3, -0.25) is 4.79 Å². The summed E-state index contributed by atoms with van der Waals surface area (Å²) in [7, 11) is 1.58. The monoisotopic (exact) mass is 363 g/mol. The molecule has 0 unspecified atom stereocenters. The molecule has 6 heteroatoms. The molecule has 27 heavy (non-hydrogen) atoms. The molecule has 3 aromatic rings. The van der Waals surface area contributed by atoms with E-state index in [9.17, 15) is 14.7 Å². The van der Waals surface area contributed by atoms with Crippen LogP contribution in [-0.4, -0.2) is 24.1 Å². The van der Waals surface area contributed by atoms with Crippen molar-refractivity contribution in [3.8, 4) is 17.2 Å². The summed E-state index contributed by atoms with van der Waals surface area (Å²) in [5.41, 5.74) is 0.656. The minimum absolute atomic E-state index is 0.0313. The highest BCUT2D eigenvalue weighted by atomic mass is 16.5. The van der Waals surface area contributed by atoms with Crippen LogP contribution in [0.1, 0.15) is 20.7 Å². The first-order valence-corrected chi connectivity index (χ1v) is 8.12. The van der Waals surface area contributed by atoms with Crippen molar-refractivity contribution < 1.29 is 24.2 Å². The smallest absolute Gasteiger partial charge is 0.337 e. The zero-order valence-electron chi connectivity index (χ0n) is 14.5. The molecular formula is C21H17NO5. The predicted octanol–water partition coefficient (Wildman–Crippen LogP) is 4.44. The Morgan fingerprint density at radius 2 is 1.56 bits per heavy atom. The number of anilines is 1. The average Bonchev–Trinajstić information content (AvgIpc) is 2.69. The molecule has 1 amide bonds. The molecule has 0 heterocycles. The fraction of sp³-hybridized carbons (Fsp3) is 0.0476. The Hall–Kier alpha value is -3.80. The first-order chi connectivity index (χ1) is 13.1. The molecule has 6 nitrogen and oxygen atoms in total. The quantitative estimate of drug-likeness (QED) is 0.676. The van der Waals surface area contributed by atoms with Crippen molar-refractivity contribution in [2.24, 2.45) is 0 Å². The lowest BCUT2D eigenvalue weighted by Gasteiger charge is -2.10. The van der Waals surface area contributed by atoms with Gasteiger partial charge in [-0.05, 0) is 48.5 Å². The lowest BCUT2D eigenvalue weighted by Crippen LogP contribution is -2.14. The topological polar surface area (TPSA) is 84.9 Å². The molecule has 3 aromatic carbocycles. The Morgan fingerprint density at radius 1 is 0.852 bits per heavy atom. The summed E-state index contributed by atoms with van der Waals surface area (Å²) in [5.74, 6) is 0.345. The molecule has 0 bridgehead atoms. The van der Waals surface area contributed by atoms with Gasteiger partial charge >= 0.3 is 5.97 Å². The Balaban J connectivity index is 1.71. The summed E-state index contributed by atoms with van der Waals surface area (Å²) in [6.45, 7) is 0. The van der Waals surface area contributed by atoms with Crippen molar-refractivity contribution in [1.29, 1.82) is 0 Å². The number of methoxy groups -OCH3 is 1. The predicted molar refractivity (Wildman–Crippen MR) is 101 cm³/mol. The number of hydrogen-bond donors (Lipinski definition) is 2. The molecule has 0 aliphatic heterocycles. The van der Waals surface area contributed by atoms with Gasteiger partial charge in [-0.25, -0.2) is 4.79 Å². The van der Waals surface area contributed by atoms with Crippen LogP contribution in [0.2, 0.25) is 0 Å². The van der Waals surface area contributed by atoms with E-state index in [-0.39, 0.29) is 11.3 Å². The van der Waals surface area contributed by atoms with Gasteiger partial charge < -0.3 is 19.9 Å². The summed E-state index contributed by atoms with van der Waals surface area (Å²) in [6.07, 6.45) is 0. The Morgan fingerprint density at radius 3 is 2.26 bits per heavy atom. The first-order valence-electron chi connectivity index (χ1n) is 8.12. The molecule has 0 fully saturated rings. The fourth-order valence-corrected chi connectivity index (χ4v) is 2.45. The maximum absolute atomic E-state index is 12.4. The van der Waals surface area contributed by atoms with Crippen molar-refractivity contribution in [2.75, 3.05) is 12.4 Å². The maximum Gasteiger partial charge on any atom is 0.337 e. The third kappa shape index (κ3) is 4.43. The van der Waals surface area contributed by atoms with E-state index in [1.54, 1.807) is 61.7 Å². The number of benzene rings is 3. The minimum atomic E-state index is -1.10. The van der Waals surface area contributed by atoms with Gasteiger partial charge in [-0.1, -0.05) is 18.2 Å². The van der Waals surface area contributed by atoms with Gasteiger partial charge in [0, 0.05) is 11.6 Å². The van der Waals surface area contributed by atoms with Crippen LogP contribution in [0.4, 0.5) is 5.69 Å². The second-order valence-corrected chi connectivity index (χ2v) is 5.61. The standard InChI is InChI=1S/C21H17NO5/c1-26-16-5-4-6-17(13-16)27-15-11-9-14(10-12-15)20(23)22-19-8-3-2-7-18(19)21(24)25/h2-13H,1H3,(H,22,23)(H,24,25). The number of amides is 1. The van der Waals surface area contributed by atoms with Crippen LogP contribution in [0.3, 0.4) is 0 Å². The van der Waals surface area contributed by atoms with Crippen LogP contribution in [-0.2, 0) is 0 Å². The number of carbonyl (C=O) groups is 2. The van der Waals surface area contributed by atoms with Crippen molar-refractivity contribution in [1.82, 2.24) is 0 Å². The van der Waals surface area contributed by atoms with Crippen LogP contribution in [0.5, 0.6) is 17.2 Å². The largest absolute Gasteiger partial charge is 0.497 e. The maximum atomic E-state index is 12.4. The summed E-state index contributed by atoms with van der Waals surface area (Å²) in [6, 6.07) is 20.0. The van der Waals surface area contributed by atoms with Gasteiger partial charge in [-0.2, -0.15) is 0 Å². The third-order valence-corrected chi connectivity index (χ3v) is 3.80. The second kappa shape index (κ2) is 8.05. The van der Waals surface area contributed by atoms with E-state index in [2.05, 4.69) is 5.32 Å². The van der Waals surface area contributed by atoms with E-state index in [0.29, 0.717) is 22.8 Å². The molecule has 0 aliphatic carbocycles. The third-order valence-electron chi connectivity index (χ3n) is 3.80. The molecule has 0 saturated heterocycles. The van der Waals surface area contributed by atoms with Crippen molar-refractivity contribution in [3.63, 3.8) is 0 Å². The number of rotatable bonds is 6. The van der Waals surface area contributed by atoms with E-state index < -0.39 is 11.9 Å². The molecule has 0 saturated carbocycles. The van der Waals surface area contributed by atoms with E-state index in [4.69, 9.17) is 9.47 Å². The summed E-state index contributed by atoms with van der Waals surface area (Å²) >= 11 is 0. The number of ether oxygens (including phenoxy) is 2. The minimum Gasteiger partial charge on any atom is -0.497 e. The van der Waals surface area contributed by atoms with E-state index in [1.807, 2.05) is 12.1 Å². The molecule has 136 valence electrons. The lowest BCUT2D eigenvalue weighted by molar-refractivity contribution is 0.0698. The summed E-state index contributed by atoms with van der Waals surface area (Å²) in [4.78, 5) is 23.6. The van der Waals surface area contributed by atoms with Gasteiger partial charge in [0.2, 0.25) is 0 Å². The molecule has 0 atom stereocenters. The zero-order chi connectivity index (χ0) is 19.2. The Labute approximate surface area is 156 Å². The second-order valence-electron chi connectivity index (χ2n) is 5.61. The Kier molecular flexibility index (Phi) is 5.37. The van der Waals surface area contributed by atoms with E-state index >= 15 is 0 Å². The number of carboxylic acid groups (broad SMARTS) is 1. The molecule has 0 radical (unpaired) electrons. The lowest BCUT2D eigenvalue weighted by atomic mass is 10.1. The van der Waals surface area contributed by atoms with E-state index in [1.165, 1.54) is 6.07 Å². The van der Waals surface area contributed by atoms with Gasteiger partial charge in [0.25, 0.3) is 5.91 Å². The normalized spacial score (nSPS) is 10.1. The average molecular weight is 363 g/mol. The van der Waals surface area contributed by atoms with Crippen molar-refractivity contribution in [3.05, 3.63) is 83.9 Å². The van der Waals surface area contributed by atoms with Crippen LogP contribution >= 0.6 is 0 Å². The number of carbonyl (C=O) groups excluding carboxylic acids is 1. The fourth-order valence-electron chi connectivity index (χ4n) is 2.45. The molecule has 0 aliphatic rings. The Bertz CT molecular complexity index is 966.